The van der Waals surface area contributed by atoms with Crippen LogP contribution in [0.5, 0.6) is 5.88 Å². The Morgan fingerprint density at radius 1 is 1.10 bits per heavy atom. The Bertz CT molecular complexity index is 1460. The van der Waals surface area contributed by atoms with Crippen LogP contribution in [0, 0.1) is 5.92 Å². The van der Waals surface area contributed by atoms with Crippen molar-refractivity contribution in [1.82, 2.24) is 24.6 Å². The third-order valence-corrected chi connectivity index (χ3v) is 8.34. The quantitative estimate of drug-likeness (QED) is 0.286. The van der Waals surface area contributed by atoms with Crippen LogP contribution >= 0.6 is 11.6 Å². The van der Waals surface area contributed by atoms with Crippen molar-refractivity contribution in [1.29, 1.82) is 0 Å². The van der Waals surface area contributed by atoms with E-state index < -0.39 is 0 Å². The van der Waals surface area contributed by atoms with Crippen molar-refractivity contribution in [3.63, 3.8) is 0 Å². The summed E-state index contributed by atoms with van der Waals surface area (Å²) in [4.78, 5) is 22.4. The van der Waals surface area contributed by atoms with Gasteiger partial charge in [0.1, 0.15) is 6.61 Å². The number of nitrogens with one attached hydrogen (secondary N) is 1. The van der Waals surface area contributed by atoms with Crippen LogP contribution in [0.15, 0.2) is 48.5 Å². The van der Waals surface area contributed by atoms with Crippen molar-refractivity contribution in [2.24, 2.45) is 5.92 Å². The first-order valence-corrected chi connectivity index (χ1v) is 14.4. The van der Waals surface area contributed by atoms with Gasteiger partial charge in [0.15, 0.2) is 0 Å². The Morgan fingerprint density at radius 3 is 2.65 bits per heavy atom. The van der Waals surface area contributed by atoms with E-state index in [4.69, 9.17) is 26.2 Å². The molecule has 4 aromatic rings. The summed E-state index contributed by atoms with van der Waals surface area (Å²) >= 11 is 6.16. The average molecular weight is 564 g/mol. The number of fused-ring (bicyclic) bond motifs is 1. The molecular formula is C30H34ClN5O4. The van der Waals surface area contributed by atoms with Gasteiger partial charge in [0.2, 0.25) is 11.8 Å². The molecule has 0 unspecified atom stereocenters. The molecule has 2 aliphatic rings. The van der Waals surface area contributed by atoms with Gasteiger partial charge >= 0.3 is 6.09 Å². The molecule has 40 heavy (non-hydrogen) atoms. The molecule has 0 bridgehead atoms. The van der Waals surface area contributed by atoms with Gasteiger partial charge in [0.05, 0.1) is 16.7 Å². The van der Waals surface area contributed by atoms with Crippen molar-refractivity contribution >= 4 is 28.7 Å². The van der Waals surface area contributed by atoms with Crippen molar-refractivity contribution < 1.29 is 19.4 Å². The Balaban J connectivity index is 1.20. The molecule has 1 amide bonds. The number of benzene rings is 2. The highest BCUT2D eigenvalue weighted by atomic mass is 35.5. The lowest BCUT2D eigenvalue weighted by Crippen LogP contribution is -2.38. The van der Waals surface area contributed by atoms with Gasteiger partial charge in [0, 0.05) is 42.8 Å². The molecule has 10 heteroatoms. The molecule has 0 aliphatic carbocycles. The number of carbonyl (C=O) groups excluding carboxylic acids is 1. The van der Waals surface area contributed by atoms with E-state index in [-0.39, 0.29) is 24.5 Å². The molecule has 0 atom stereocenters. The second-order valence-corrected chi connectivity index (χ2v) is 11.2. The fourth-order valence-electron chi connectivity index (χ4n) is 5.77. The summed E-state index contributed by atoms with van der Waals surface area (Å²) in [6, 6.07) is 15.2. The minimum Gasteiger partial charge on any atom is -0.493 e. The van der Waals surface area contributed by atoms with Gasteiger partial charge in [-0.1, -0.05) is 41.9 Å². The zero-order chi connectivity index (χ0) is 27.5. The second kappa shape index (κ2) is 11.9. The summed E-state index contributed by atoms with van der Waals surface area (Å²) in [6.07, 6.45) is 4.98. The lowest BCUT2D eigenvalue weighted by molar-refractivity contribution is 0.0639. The first-order valence-electron chi connectivity index (χ1n) is 14.0. The van der Waals surface area contributed by atoms with Crippen molar-refractivity contribution in [2.45, 2.75) is 51.0 Å². The molecule has 210 valence electrons. The molecule has 2 aromatic heterocycles. The lowest BCUT2D eigenvalue weighted by Gasteiger charge is -2.31. The van der Waals surface area contributed by atoms with E-state index in [0.29, 0.717) is 35.5 Å². The number of piperidine rings is 1. The van der Waals surface area contributed by atoms with E-state index in [1.807, 2.05) is 36.4 Å². The largest absolute Gasteiger partial charge is 0.493 e. The summed E-state index contributed by atoms with van der Waals surface area (Å²) in [5.41, 5.74) is 4.26. The molecule has 9 nitrogen and oxygen atoms in total. The molecule has 2 aliphatic heterocycles. The Morgan fingerprint density at radius 2 is 1.88 bits per heavy atom. The number of halogens is 1. The predicted molar refractivity (Wildman–Crippen MR) is 152 cm³/mol. The number of rotatable bonds is 7. The highest BCUT2D eigenvalue weighted by Crippen LogP contribution is 2.37. The number of imidazole rings is 1. The molecule has 2 fully saturated rings. The number of aromatic amines is 1. The van der Waals surface area contributed by atoms with Crippen LogP contribution in [0.4, 0.5) is 4.79 Å². The predicted octanol–water partition coefficient (Wildman–Crippen LogP) is 5.98. The molecule has 2 N–H and O–H groups in total. The van der Waals surface area contributed by atoms with E-state index >= 15 is 0 Å². The maximum Gasteiger partial charge on any atom is 0.410 e. The summed E-state index contributed by atoms with van der Waals surface area (Å²) in [5, 5.41) is 16.9. The number of hydrogen-bond acceptors (Lipinski definition) is 6. The summed E-state index contributed by atoms with van der Waals surface area (Å²) in [7, 11) is 0. The molecule has 4 heterocycles. The number of carbonyl (C=O) groups is 1. The van der Waals surface area contributed by atoms with Crippen molar-refractivity contribution in [3.05, 3.63) is 70.4 Å². The molecule has 0 radical (unpaired) electrons. The molecular weight excluding hydrogens is 530 g/mol. The van der Waals surface area contributed by atoms with Gasteiger partial charge in [0.25, 0.3) is 0 Å². The van der Waals surface area contributed by atoms with E-state index in [9.17, 15) is 9.90 Å². The lowest BCUT2D eigenvalue weighted by atomic mass is 9.88. The Hall–Kier alpha value is -3.56. The minimum absolute atomic E-state index is 0.119. The molecule has 2 saturated heterocycles. The number of ether oxygens (including phenoxy) is 2. The number of aromatic hydroxyl groups is 1. The van der Waals surface area contributed by atoms with E-state index in [2.05, 4.69) is 9.97 Å². The SMILES string of the molecule is O=C(OCc1ccccc1)N1CCC(c2nn(-c3nc4cc(Cl)ccc4[nH]3)c(O)c2CCC2CCOCC2)CC1. The third-order valence-electron chi connectivity index (χ3n) is 8.11. The molecule has 0 saturated carbocycles. The highest BCUT2D eigenvalue weighted by molar-refractivity contribution is 6.31. The number of nitrogens with zero attached hydrogens (tertiary/aromatic N) is 4. The van der Waals surface area contributed by atoms with Gasteiger partial charge in [-0.15, -0.1) is 0 Å². The van der Waals surface area contributed by atoms with Crippen molar-refractivity contribution in [2.75, 3.05) is 26.3 Å². The van der Waals surface area contributed by atoms with Crippen LogP contribution < -0.4 is 0 Å². The van der Waals surface area contributed by atoms with Gasteiger partial charge in [-0.2, -0.15) is 9.78 Å². The molecule has 2 aromatic carbocycles. The van der Waals surface area contributed by atoms with Crippen molar-refractivity contribution in [3.8, 4) is 11.8 Å². The minimum atomic E-state index is -0.295. The van der Waals surface area contributed by atoms with Crippen LogP contribution in [-0.2, 0) is 22.5 Å². The molecule has 0 spiro atoms. The zero-order valence-electron chi connectivity index (χ0n) is 22.4. The van der Waals surface area contributed by atoms with Crippen LogP contribution in [0.1, 0.15) is 54.8 Å². The summed E-state index contributed by atoms with van der Waals surface area (Å²) in [6.45, 7) is 3.01. The fourth-order valence-corrected chi connectivity index (χ4v) is 5.94. The Kier molecular flexibility index (Phi) is 7.93. The number of likely N-dealkylation sites (tertiary alicyclic amines) is 1. The van der Waals surface area contributed by atoms with Crippen LogP contribution in [0.25, 0.3) is 17.0 Å². The van der Waals surface area contributed by atoms with Crippen LogP contribution in [0.3, 0.4) is 0 Å². The zero-order valence-corrected chi connectivity index (χ0v) is 23.1. The number of H-pyrrole nitrogens is 1. The number of aromatic nitrogens is 4. The highest BCUT2D eigenvalue weighted by Gasteiger charge is 2.31. The van der Waals surface area contributed by atoms with Crippen LogP contribution in [0.2, 0.25) is 5.02 Å². The van der Waals surface area contributed by atoms with E-state index in [0.717, 1.165) is 74.1 Å². The van der Waals surface area contributed by atoms with Gasteiger partial charge in [-0.3, -0.25) is 0 Å². The monoisotopic (exact) mass is 563 g/mol. The van der Waals surface area contributed by atoms with Gasteiger partial charge in [-0.05, 0) is 68.2 Å². The summed E-state index contributed by atoms with van der Waals surface area (Å²) in [5.74, 6) is 1.26. The van der Waals surface area contributed by atoms with E-state index in [1.54, 1.807) is 17.0 Å². The van der Waals surface area contributed by atoms with E-state index in [1.165, 1.54) is 4.68 Å². The number of hydrogen-bond donors (Lipinski definition) is 2. The standard InChI is InChI=1S/C30H34ClN5O4/c31-23-7-9-25-26(18-23)33-29(32-25)36-28(37)24(8-6-20-12-16-39-17-13-20)27(34-36)22-10-14-35(15-11-22)30(38)40-19-21-4-2-1-3-5-21/h1-5,7,9,18,20,22,37H,6,8,10-17,19H2,(H,32,33). The van der Waals surface area contributed by atoms with Gasteiger partial charge in [-0.25, -0.2) is 9.78 Å². The second-order valence-electron chi connectivity index (χ2n) is 10.7. The summed E-state index contributed by atoms with van der Waals surface area (Å²) < 4.78 is 12.6. The first kappa shape index (κ1) is 26.7. The normalized spacial score (nSPS) is 17.0. The maximum absolute atomic E-state index is 12.7. The smallest absolute Gasteiger partial charge is 0.410 e. The number of amides is 1. The maximum atomic E-state index is 12.7. The van der Waals surface area contributed by atoms with Crippen LogP contribution in [-0.4, -0.2) is 62.2 Å². The van der Waals surface area contributed by atoms with Gasteiger partial charge < -0.3 is 24.5 Å². The average Bonchev–Trinajstić information content (AvgIpc) is 3.56. The molecule has 6 rings (SSSR count). The fraction of sp³-hybridized carbons (Fsp3) is 0.433. The third kappa shape index (κ3) is 5.81. The topological polar surface area (TPSA) is 106 Å². The first-order chi connectivity index (χ1) is 19.5. The Labute approximate surface area is 238 Å².